The molecule has 0 spiro atoms. The lowest BCUT2D eigenvalue weighted by Gasteiger charge is -2.08. The number of para-hydroxylation sites is 1. The molecule has 6 nitrogen and oxygen atoms in total. The molecule has 0 aliphatic carbocycles. The molecule has 2 aromatic heterocycles. The van der Waals surface area contributed by atoms with Gasteiger partial charge in [0.25, 0.3) is 5.91 Å². The number of nitrogens with one attached hydrogen (secondary N) is 2. The number of aromatic nitrogens is 1. The van der Waals surface area contributed by atoms with Gasteiger partial charge in [-0.15, -0.1) is 0 Å². The van der Waals surface area contributed by atoms with Gasteiger partial charge in [-0.1, -0.05) is 35.9 Å². The number of rotatable bonds is 3. The number of carbonyl (C=O) groups is 1. The summed E-state index contributed by atoms with van der Waals surface area (Å²) in [6.45, 7) is 1.97. The van der Waals surface area contributed by atoms with E-state index >= 15 is 0 Å². The number of oxazole rings is 1. The van der Waals surface area contributed by atoms with Crippen LogP contribution < -0.4 is 10.6 Å². The van der Waals surface area contributed by atoms with Crippen LogP contribution in [-0.4, -0.2) is 16.0 Å². The van der Waals surface area contributed by atoms with Crippen LogP contribution in [0.3, 0.4) is 0 Å². The van der Waals surface area contributed by atoms with Gasteiger partial charge in [-0.25, -0.2) is 4.98 Å². The quantitative estimate of drug-likeness (QED) is 0.305. The third-order valence-corrected chi connectivity index (χ3v) is 5.39. The van der Waals surface area contributed by atoms with E-state index in [1.807, 2.05) is 43.3 Å². The Labute approximate surface area is 193 Å². The first-order valence-electron chi connectivity index (χ1n) is 9.74. The summed E-state index contributed by atoms with van der Waals surface area (Å²) in [5.41, 5.74) is 4.31. The second-order valence-corrected chi connectivity index (χ2v) is 8.06. The van der Waals surface area contributed by atoms with Crippen molar-refractivity contribution < 1.29 is 13.6 Å². The Morgan fingerprint density at radius 2 is 1.84 bits per heavy atom. The van der Waals surface area contributed by atoms with Crippen LogP contribution in [0.1, 0.15) is 16.1 Å². The van der Waals surface area contributed by atoms with Crippen molar-refractivity contribution in [3.05, 3.63) is 83.1 Å². The monoisotopic (exact) mass is 461 g/mol. The molecule has 8 heteroatoms. The van der Waals surface area contributed by atoms with Gasteiger partial charge in [-0.2, -0.15) is 0 Å². The highest BCUT2D eigenvalue weighted by molar-refractivity contribution is 7.80. The number of hydrogen-bond donors (Lipinski definition) is 2. The Hall–Kier alpha value is -3.68. The van der Waals surface area contributed by atoms with Crippen molar-refractivity contribution in [2.45, 2.75) is 6.92 Å². The van der Waals surface area contributed by atoms with Gasteiger partial charge in [-0.3, -0.25) is 10.1 Å². The number of amides is 1. The number of halogens is 1. The second-order valence-electron chi connectivity index (χ2n) is 7.24. The minimum atomic E-state index is -0.433. The van der Waals surface area contributed by atoms with Crippen LogP contribution in [0.4, 0.5) is 5.69 Å². The van der Waals surface area contributed by atoms with E-state index in [0.717, 1.165) is 16.5 Å². The van der Waals surface area contributed by atoms with Crippen molar-refractivity contribution in [3.63, 3.8) is 0 Å². The van der Waals surface area contributed by atoms with Crippen LogP contribution >= 0.6 is 23.8 Å². The van der Waals surface area contributed by atoms with Gasteiger partial charge in [0.1, 0.15) is 11.1 Å². The zero-order valence-corrected chi connectivity index (χ0v) is 18.4. The Balaban J connectivity index is 1.32. The van der Waals surface area contributed by atoms with E-state index in [1.165, 1.54) is 0 Å². The molecule has 0 bridgehead atoms. The molecule has 2 N–H and O–H groups in total. The first-order chi connectivity index (χ1) is 15.5. The molecule has 3 aromatic carbocycles. The van der Waals surface area contributed by atoms with Crippen molar-refractivity contribution in [3.8, 4) is 11.5 Å². The van der Waals surface area contributed by atoms with Gasteiger partial charge in [0.15, 0.2) is 16.5 Å². The zero-order valence-electron chi connectivity index (χ0n) is 16.8. The molecule has 0 aliphatic heterocycles. The van der Waals surface area contributed by atoms with E-state index in [1.54, 1.807) is 30.3 Å². The predicted molar refractivity (Wildman–Crippen MR) is 129 cm³/mol. The van der Waals surface area contributed by atoms with Crippen LogP contribution in [0.25, 0.3) is 33.5 Å². The maximum atomic E-state index is 12.5. The predicted octanol–water partition coefficient (Wildman–Crippen LogP) is 6.33. The highest BCUT2D eigenvalue weighted by atomic mass is 35.5. The normalized spacial score (nSPS) is 11.1. The molecule has 5 aromatic rings. The second kappa shape index (κ2) is 8.11. The molecular weight excluding hydrogens is 446 g/mol. The van der Waals surface area contributed by atoms with E-state index in [9.17, 15) is 4.79 Å². The molecule has 1 amide bonds. The topological polar surface area (TPSA) is 80.3 Å². The van der Waals surface area contributed by atoms with Gasteiger partial charge in [0, 0.05) is 11.1 Å². The molecule has 0 radical (unpaired) electrons. The summed E-state index contributed by atoms with van der Waals surface area (Å²) in [7, 11) is 0. The molecule has 0 fully saturated rings. The Kier molecular flexibility index (Phi) is 5.13. The average molecular weight is 462 g/mol. The average Bonchev–Trinajstić information content (AvgIpc) is 3.37. The number of furan rings is 1. The SMILES string of the molecule is Cc1ccc(-c2nc3cc(NC(=S)NC(=O)c4cc5ccccc5o4)ccc3o2)c(Cl)c1. The first-order valence-corrected chi connectivity index (χ1v) is 10.5. The number of fused-ring (bicyclic) bond motifs is 2. The molecule has 32 heavy (non-hydrogen) atoms. The maximum Gasteiger partial charge on any atom is 0.293 e. The standard InChI is InChI=1S/C24H16ClN3O3S/c1-13-6-8-16(17(25)10-13)23-27-18-12-15(7-9-20(18)31-23)26-24(32)28-22(29)21-11-14-4-2-3-5-19(14)30-21/h2-12H,1H3,(H2,26,28,29,32). The molecule has 0 unspecified atom stereocenters. The Morgan fingerprint density at radius 1 is 1.00 bits per heavy atom. The summed E-state index contributed by atoms with van der Waals surface area (Å²) >= 11 is 11.6. The molecule has 0 saturated heterocycles. The molecule has 2 heterocycles. The maximum absolute atomic E-state index is 12.5. The van der Waals surface area contributed by atoms with E-state index in [2.05, 4.69) is 15.6 Å². The number of nitrogens with zero attached hydrogens (tertiary/aromatic N) is 1. The van der Waals surface area contributed by atoms with Gasteiger partial charge < -0.3 is 14.2 Å². The molecular formula is C24H16ClN3O3S. The summed E-state index contributed by atoms with van der Waals surface area (Å²) in [6.07, 6.45) is 0. The van der Waals surface area contributed by atoms with Crippen molar-refractivity contribution in [1.29, 1.82) is 0 Å². The number of benzene rings is 3. The van der Waals surface area contributed by atoms with Crippen LogP contribution in [0.15, 0.2) is 75.6 Å². The third kappa shape index (κ3) is 3.95. The summed E-state index contributed by atoms with van der Waals surface area (Å²) in [6, 6.07) is 20.1. The minimum absolute atomic E-state index is 0.139. The van der Waals surface area contributed by atoms with E-state index in [4.69, 9.17) is 32.7 Å². The number of aryl methyl sites for hydroxylation is 1. The highest BCUT2D eigenvalue weighted by Crippen LogP contribution is 2.31. The lowest BCUT2D eigenvalue weighted by Crippen LogP contribution is -2.33. The zero-order chi connectivity index (χ0) is 22.2. The highest BCUT2D eigenvalue weighted by Gasteiger charge is 2.15. The minimum Gasteiger partial charge on any atom is -0.451 e. The van der Waals surface area contributed by atoms with Gasteiger partial charge >= 0.3 is 0 Å². The van der Waals surface area contributed by atoms with Crippen molar-refractivity contribution >= 4 is 62.6 Å². The Morgan fingerprint density at radius 3 is 2.66 bits per heavy atom. The molecule has 0 atom stereocenters. The first kappa shape index (κ1) is 20.2. The molecule has 5 rings (SSSR count). The number of carbonyl (C=O) groups excluding carboxylic acids is 1. The lowest BCUT2D eigenvalue weighted by molar-refractivity contribution is 0.0953. The molecule has 0 aliphatic rings. The summed E-state index contributed by atoms with van der Waals surface area (Å²) in [5.74, 6) is 0.183. The van der Waals surface area contributed by atoms with Gasteiger partial charge in [-0.05, 0) is 67.2 Å². The fourth-order valence-corrected chi connectivity index (χ4v) is 3.86. The number of hydrogen-bond acceptors (Lipinski definition) is 5. The summed E-state index contributed by atoms with van der Waals surface area (Å²) in [4.78, 5) is 17.0. The van der Waals surface area contributed by atoms with Gasteiger partial charge in [0.05, 0.1) is 10.6 Å². The van der Waals surface area contributed by atoms with Crippen LogP contribution in [0.5, 0.6) is 0 Å². The van der Waals surface area contributed by atoms with E-state index < -0.39 is 5.91 Å². The van der Waals surface area contributed by atoms with E-state index in [0.29, 0.717) is 33.3 Å². The summed E-state index contributed by atoms with van der Waals surface area (Å²) in [5, 5.41) is 7.17. The summed E-state index contributed by atoms with van der Waals surface area (Å²) < 4.78 is 11.4. The molecule has 0 saturated carbocycles. The van der Waals surface area contributed by atoms with Crippen molar-refractivity contribution in [1.82, 2.24) is 10.3 Å². The molecule has 158 valence electrons. The van der Waals surface area contributed by atoms with E-state index in [-0.39, 0.29) is 10.9 Å². The number of thiocarbonyl (C=S) groups is 1. The van der Waals surface area contributed by atoms with Gasteiger partial charge in [0.2, 0.25) is 5.89 Å². The van der Waals surface area contributed by atoms with Crippen molar-refractivity contribution in [2.75, 3.05) is 5.32 Å². The fraction of sp³-hybridized carbons (Fsp3) is 0.0417. The fourth-order valence-electron chi connectivity index (χ4n) is 3.33. The van der Waals surface area contributed by atoms with Crippen LogP contribution in [-0.2, 0) is 0 Å². The Bertz CT molecular complexity index is 1470. The van der Waals surface area contributed by atoms with Crippen LogP contribution in [0.2, 0.25) is 5.02 Å². The number of anilines is 1. The smallest absolute Gasteiger partial charge is 0.293 e. The lowest BCUT2D eigenvalue weighted by atomic mass is 10.1. The van der Waals surface area contributed by atoms with Crippen molar-refractivity contribution in [2.24, 2.45) is 0 Å². The largest absolute Gasteiger partial charge is 0.451 e. The third-order valence-electron chi connectivity index (χ3n) is 4.88. The van der Waals surface area contributed by atoms with Crippen LogP contribution in [0, 0.1) is 6.92 Å².